The van der Waals surface area contributed by atoms with Gasteiger partial charge in [-0.3, -0.25) is 4.68 Å². The van der Waals surface area contributed by atoms with Gasteiger partial charge in [0.15, 0.2) is 0 Å². The van der Waals surface area contributed by atoms with E-state index in [9.17, 15) is 4.79 Å². The van der Waals surface area contributed by atoms with Gasteiger partial charge in [0.2, 0.25) is 0 Å². The van der Waals surface area contributed by atoms with E-state index < -0.39 is 0 Å². The summed E-state index contributed by atoms with van der Waals surface area (Å²) in [5.74, 6) is 0. The number of anilines is 1. The minimum Gasteiger partial charge on any atom is -0.383 e. The highest BCUT2D eigenvalue weighted by Crippen LogP contribution is 2.25. The van der Waals surface area contributed by atoms with Gasteiger partial charge < -0.3 is 15.0 Å². The van der Waals surface area contributed by atoms with Gasteiger partial charge in [-0.1, -0.05) is 0 Å². The first-order valence-corrected chi connectivity index (χ1v) is 8.62. The molecule has 6 nitrogen and oxygen atoms in total. The fourth-order valence-electron chi connectivity index (χ4n) is 2.88. The van der Waals surface area contributed by atoms with Gasteiger partial charge >= 0.3 is 6.03 Å². The van der Waals surface area contributed by atoms with Crippen LogP contribution in [0.4, 0.5) is 10.5 Å². The van der Waals surface area contributed by atoms with E-state index in [2.05, 4.69) is 21.9 Å². The van der Waals surface area contributed by atoms with Crippen molar-refractivity contribution in [3.8, 4) is 0 Å². The first-order valence-electron chi connectivity index (χ1n) is 7.74. The van der Waals surface area contributed by atoms with Gasteiger partial charge in [-0.25, -0.2) is 4.79 Å². The van der Waals surface area contributed by atoms with Crippen molar-refractivity contribution in [1.29, 1.82) is 0 Å². The number of methoxy groups -OCH3 is 1. The summed E-state index contributed by atoms with van der Waals surface area (Å²) in [5, 5.41) is 9.61. The Morgan fingerprint density at radius 3 is 3.09 bits per heavy atom. The fourth-order valence-corrected chi connectivity index (χ4v) is 3.77. The number of carbonyl (C=O) groups excluding carboxylic acids is 1. The minimum atomic E-state index is -0.0562. The first kappa shape index (κ1) is 16.0. The van der Waals surface area contributed by atoms with E-state index in [1.165, 1.54) is 10.4 Å². The van der Waals surface area contributed by atoms with Crippen LogP contribution in [0.2, 0.25) is 0 Å². The SMILES string of the molecule is COCCn1nc(C)c(NC(=O)N2CCc3sccc3C2)c1C. The van der Waals surface area contributed by atoms with Crippen LogP contribution in [0.5, 0.6) is 0 Å². The first-order chi connectivity index (χ1) is 11.1. The summed E-state index contributed by atoms with van der Waals surface area (Å²) >= 11 is 1.78. The van der Waals surface area contributed by atoms with Gasteiger partial charge in [0.1, 0.15) is 0 Å². The van der Waals surface area contributed by atoms with Gasteiger partial charge in [0.25, 0.3) is 0 Å². The van der Waals surface area contributed by atoms with Crippen molar-refractivity contribution in [2.75, 3.05) is 25.6 Å². The summed E-state index contributed by atoms with van der Waals surface area (Å²) in [7, 11) is 1.67. The number of hydrogen-bond donors (Lipinski definition) is 1. The predicted octanol–water partition coefficient (Wildman–Crippen LogP) is 2.80. The van der Waals surface area contributed by atoms with Crippen molar-refractivity contribution >= 4 is 23.1 Å². The van der Waals surface area contributed by atoms with Gasteiger partial charge in [-0.15, -0.1) is 11.3 Å². The second-order valence-electron chi connectivity index (χ2n) is 5.73. The molecular formula is C16H22N4O2S. The molecule has 0 aliphatic carbocycles. The summed E-state index contributed by atoms with van der Waals surface area (Å²) in [6.45, 7) is 6.61. The van der Waals surface area contributed by atoms with Crippen LogP contribution in [0.25, 0.3) is 0 Å². The topological polar surface area (TPSA) is 59.4 Å². The molecule has 2 amide bonds. The number of nitrogens with one attached hydrogen (secondary N) is 1. The van der Waals surface area contributed by atoms with Crippen LogP contribution >= 0.6 is 11.3 Å². The van der Waals surface area contributed by atoms with E-state index in [4.69, 9.17) is 4.74 Å². The van der Waals surface area contributed by atoms with Gasteiger partial charge in [0, 0.05) is 25.1 Å². The summed E-state index contributed by atoms with van der Waals surface area (Å²) in [6.07, 6.45) is 0.936. The number of amides is 2. The molecule has 1 aliphatic heterocycles. The highest BCUT2D eigenvalue weighted by Gasteiger charge is 2.23. The molecule has 2 aromatic rings. The third-order valence-corrected chi connectivity index (χ3v) is 5.24. The van der Waals surface area contributed by atoms with E-state index in [-0.39, 0.29) is 6.03 Å². The lowest BCUT2D eigenvalue weighted by Gasteiger charge is -2.27. The maximum atomic E-state index is 12.6. The average molecular weight is 334 g/mol. The van der Waals surface area contributed by atoms with E-state index in [0.29, 0.717) is 19.7 Å². The predicted molar refractivity (Wildman–Crippen MR) is 91.0 cm³/mol. The van der Waals surface area contributed by atoms with Crippen LogP contribution in [-0.2, 0) is 24.2 Å². The third-order valence-electron chi connectivity index (χ3n) is 4.22. The summed E-state index contributed by atoms with van der Waals surface area (Å²) in [5.41, 5.74) is 3.86. The number of rotatable bonds is 4. The molecule has 0 radical (unpaired) electrons. The standard InChI is InChI=1S/C16H22N4O2S/c1-11-15(12(2)20(18-11)7-8-22-3)17-16(21)19-6-4-14-13(10-19)5-9-23-14/h5,9H,4,6-8,10H2,1-3H3,(H,17,21). The largest absolute Gasteiger partial charge is 0.383 e. The molecule has 0 atom stereocenters. The summed E-state index contributed by atoms with van der Waals surface area (Å²) < 4.78 is 6.97. The van der Waals surface area contributed by atoms with Gasteiger partial charge in [0.05, 0.1) is 30.2 Å². The number of ether oxygens (including phenoxy) is 1. The molecule has 0 bridgehead atoms. The highest BCUT2D eigenvalue weighted by atomic mass is 32.1. The van der Waals surface area contributed by atoms with Crippen LogP contribution in [0.15, 0.2) is 11.4 Å². The summed E-state index contributed by atoms with van der Waals surface area (Å²) in [6, 6.07) is 2.05. The number of thiophene rings is 1. The zero-order valence-electron chi connectivity index (χ0n) is 13.8. The lowest BCUT2D eigenvalue weighted by molar-refractivity contribution is 0.182. The fraction of sp³-hybridized carbons (Fsp3) is 0.500. The number of urea groups is 1. The molecule has 23 heavy (non-hydrogen) atoms. The number of carbonyl (C=O) groups is 1. The van der Waals surface area contributed by atoms with E-state index in [0.717, 1.165) is 30.0 Å². The Kier molecular flexibility index (Phi) is 4.68. The Balaban J connectivity index is 1.70. The molecular weight excluding hydrogens is 312 g/mol. The summed E-state index contributed by atoms with van der Waals surface area (Å²) in [4.78, 5) is 15.8. The van der Waals surface area contributed by atoms with Crippen LogP contribution < -0.4 is 5.32 Å². The Morgan fingerprint density at radius 1 is 1.48 bits per heavy atom. The van der Waals surface area contributed by atoms with E-state index in [1.807, 2.05) is 23.4 Å². The molecule has 1 aliphatic rings. The molecule has 0 unspecified atom stereocenters. The number of aromatic nitrogens is 2. The van der Waals surface area contributed by atoms with Crippen LogP contribution in [0.3, 0.4) is 0 Å². The molecule has 1 N–H and O–H groups in total. The molecule has 0 spiro atoms. The van der Waals surface area contributed by atoms with Crippen LogP contribution in [0.1, 0.15) is 21.8 Å². The second kappa shape index (κ2) is 6.72. The lowest BCUT2D eigenvalue weighted by atomic mass is 10.1. The zero-order valence-corrected chi connectivity index (χ0v) is 14.6. The smallest absolute Gasteiger partial charge is 0.322 e. The zero-order chi connectivity index (χ0) is 16.4. The van der Waals surface area contributed by atoms with E-state index in [1.54, 1.807) is 18.4 Å². The molecule has 0 fully saturated rings. The number of fused-ring (bicyclic) bond motifs is 1. The van der Waals surface area contributed by atoms with Crippen molar-refractivity contribution < 1.29 is 9.53 Å². The maximum Gasteiger partial charge on any atom is 0.322 e. The van der Waals surface area contributed by atoms with E-state index >= 15 is 0 Å². The average Bonchev–Trinajstić information content (AvgIpc) is 3.11. The van der Waals surface area contributed by atoms with Crippen molar-refractivity contribution in [3.05, 3.63) is 33.3 Å². The second-order valence-corrected chi connectivity index (χ2v) is 6.73. The Morgan fingerprint density at radius 2 is 2.30 bits per heavy atom. The Hall–Kier alpha value is -1.86. The van der Waals surface area contributed by atoms with Crippen molar-refractivity contribution in [1.82, 2.24) is 14.7 Å². The molecule has 0 aromatic carbocycles. The Labute approximate surface area is 140 Å². The van der Waals surface area contributed by atoms with Crippen LogP contribution in [0, 0.1) is 13.8 Å². The number of nitrogens with zero attached hydrogens (tertiary/aromatic N) is 3. The third kappa shape index (κ3) is 3.25. The highest BCUT2D eigenvalue weighted by molar-refractivity contribution is 7.10. The molecule has 3 heterocycles. The maximum absolute atomic E-state index is 12.6. The molecule has 124 valence electrons. The molecule has 3 rings (SSSR count). The van der Waals surface area contributed by atoms with Crippen molar-refractivity contribution in [3.63, 3.8) is 0 Å². The normalized spacial score (nSPS) is 14.0. The molecule has 7 heteroatoms. The molecule has 0 saturated heterocycles. The minimum absolute atomic E-state index is 0.0562. The lowest BCUT2D eigenvalue weighted by Crippen LogP contribution is -2.38. The quantitative estimate of drug-likeness (QED) is 0.935. The monoisotopic (exact) mass is 334 g/mol. The van der Waals surface area contributed by atoms with Crippen molar-refractivity contribution in [2.24, 2.45) is 0 Å². The van der Waals surface area contributed by atoms with Gasteiger partial charge in [-0.05, 0) is 37.3 Å². The number of aryl methyl sites for hydroxylation is 1. The Bertz CT molecular complexity index is 707. The van der Waals surface area contributed by atoms with Crippen LogP contribution in [-0.4, -0.2) is 41.0 Å². The molecule has 2 aromatic heterocycles. The van der Waals surface area contributed by atoms with Gasteiger partial charge in [-0.2, -0.15) is 5.10 Å². The van der Waals surface area contributed by atoms with Crippen molar-refractivity contribution in [2.45, 2.75) is 33.4 Å². The number of hydrogen-bond acceptors (Lipinski definition) is 4. The molecule has 0 saturated carbocycles.